The highest BCUT2D eigenvalue weighted by Gasteiger charge is 2.05. The second-order valence-electron chi connectivity index (χ2n) is 4.58. The molecule has 3 nitrogen and oxygen atoms in total. The smallest absolute Gasteiger partial charge is 0.122 e. The van der Waals surface area contributed by atoms with Crippen molar-refractivity contribution in [3.05, 3.63) is 54.1 Å². The Labute approximate surface area is 114 Å². The minimum atomic E-state index is 0.793. The molecule has 0 aliphatic heterocycles. The molecule has 0 heterocycles. The molecule has 0 aromatic heterocycles. The van der Waals surface area contributed by atoms with Crippen molar-refractivity contribution in [2.24, 2.45) is 0 Å². The molecule has 2 aromatic rings. The van der Waals surface area contributed by atoms with Crippen molar-refractivity contribution in [1.29, 1.82) is 0 Å². The summed E-state index contributed by atoms with van der Waals surface area (Å²) in [4.78, 5) is 2.20. The fraction of sp³-hybridized carbons (Fsp3) is 0.250. The normalized spacial score (nSPS) is 10.2. The van der Waals surface area contributed by atoms with Gasteiger partial charge in [-0.1, -0.05) is 24.3 Å². The van der Waals surface area contributed by atoms with E-state index in [9.17, 15) is 0 Å². The van der Waals surface area contributed by atoms with Crippen LogP contribution in [-0.2, 0) is 6.42 Å². The van der Waals surface area contributed by atoms with Gasteiger partial charge in [0.25, 0.3) is 0 Å². The lowest BCUT2D eigenvalue weighted by atomic mass is 10.1. The Morgan fingerprint density at radius 2 is 1.89 bits per heavy atom. The number of nitrogen functional groups attached to an aromatic ring is 1. The Hall–Kier alpha value is -2.16. The highest BCUT2D eigenvalue weighted by Crippen LogP contribution is 2.20. The average Bonchev–Trinajstić information content (AvgIpc) is 2.45. The van der Waals surface area contributed by atoms with Gasteiger partial charge in [-0.3, -0.25) is 0 Å². The van der Waals surface area contributed by atoms with Crippen LogP contribution >= 0.6 is 0 Å². The number of nitrogens with zero attached hydrogens (tertiary/aromatic N) is 1. The quantitative estimate of drug-likeness (QED) is 0.836. The molecule has 2 N–H and O–H groups in total. The van der Waals surface area contributed by atoms with Crippen LogP contribution in [0.5, 0.6) is 5.75 Å². The van der Waals surface area contributed by atoms with Crippen LogP contribution in [0.2, 0.25) is 0 Å². The van der Waals surface area contributed by atoms with Crippen molar-refractivity contribution in [3.8, 4) is 5.75 Å². The van der Waals surface area contributed by atoms with Gasteiger partial charge in [-0.2, -0.15) is 0 Å². The Bertz CT molecular complexity index is 540. The zero-order chi connectivity index (χ0) is 13.7. The summed E-state index contributed by atoms with van der Waals surface area (Å²) in [6.07, 6.45) is 0.940. The third kappa shape index (κ3) is 3.41. The average molecular weight is 256 g/mol. The van der Waals surface area contributed by atoms with Crippen LogP contribution in [0, 0.1) is 0 Å². The molecule has 0 unspecified atom stereocenters. The van der Waals surface area contributed by atoms with Gasteiger partial charge in [0.15, 0.2) is 0 Å². The van der Waals surface area contributed by atoms with Gasteiger partial charge in [-0.15, -0.1) is 0 Å². The van der Waals surface area contributed by atoms with E-state index in [1.165, 1.54) is 5.56 Å². The highest BCUT2D eigenvalue weighted by atomic mass is 16.5. The molecule has 0 amide bonds. The summed E-state index contributed by atoms with van der Waals surface area (Å²) in [7, 11) is 3.78. The molecule has 3 heteroatoms. The van der Waals surface area contributed by atoms with E-state index in [-0.39, 0.29) is 0 Å². The van der Waals surface area contributed by atoms with Crippen LogP contribution in [0.4, 0.5) is 11.4 Å². The van der Waals surface area contributed by atoms with E-state index in [2.05, 4.69) is 24.1 Å². The van der Waals surface area contributed by atoms with Crippen molar-refractivity contribution in [1.82, 2.24) is 0 Å². The van der Waals surface area contributed by atoms with Gasteiger partial charge in [-0.05, 0) is 36.2 Å². The van der Waals surface area contributed by atoms with Gasteiger partial charge in [0, 0.05) is 25.0 Å². The third-order valence-corrected chi connectivity index (χ3v) is 3.22. The second kappa shape index (κ2) is 6.14. The van der Waals surface area contributed by atoms with E-state index in [0.717, 1.165) is 30.1 Å². The summed E-state index contributed by atoms with van der Waals surface area (Å²) in [5.74, 6) is 0.948. The molecule has 2 rings (SSSR count). The van der Waals surface area contributed by atoms with E-state index < -0.39 is 0 Å². The van der Waals surface area contributed by atoms with E-state index in [1.54, 1.807) is 7.11 Å². The standard InChI is InChI=1S/C16H20N2O/c1-18(15-8-5-7-14(17)12-15)11-10-13-6-3-4-9-16(13)19-2/h3-9,12H,10-11,17H2,1-2H3. The summed E-state index contributed by atoms with van der Waals surface area (Å²) in [6.45, 7) is 0.920. The number of hydrogen-bond donors (Lipinski definition) is 1. The van der Waals surface area contributed by atoms with Crippen LogP contribution in [0.1, 0.15) is 5.56 Å². The predicted octanol–water partition coefficient (Wildman–Crippen LogP) is 2.96. The molecular formula is C16H20N2O. The Morgan fingerprint density at radius 1 is 1.11 bits per heavy atom. The molecule has 0 aliphatic carbocycles. The van der Waals surface area contributed by atoms with Crippen molar-refractivity contribution in [3.63, 3.8) is 0 Å². The van der Waals surface area contributed by atoms with Crippen LogP contribution < -0.4 is 15.4 Å². The first-order chi connectivity index (χ1) is 9.20. The van der Waals surface area contributed by atoms with Crippen molar-refractivity contribution in [2.45, 2.75) is 6.42 Å². The maximum atomic E-state index is 5.80. The monoisotopic (exact) mass is 256 g/mol. The number of methoxy groups -OCH3 is 1. The van der Waals surface area contributed by atoms with Crippen LogP contribution in [0.25, 0.3) is 0 Å². The number of nitrogens with two attached hydrogens (primary N) is 1. The Kier molecular flexibility index (Phi) is 4.29. The summed E-state index contributed by atoms with van der Waals surface area (Å²) < 4.78 is 5.36. The van der Waals surface area contributed by atoms with Gasteiger partial charge < -0.3 is 15.4 Å². The minimum Gasteiger partial charge on any atom is -0.496 e. The van der Waals surface area contributed by atoms with Gasteiger partial charge in [0.2, 0.25) is 0 Å². The van der Waals surface area contributed by atoms with Crippen molar-refractivity contribution >= 4 is 11.4 Å². The SMILES string of the molecule is COc1ccccc1CCN(C)c1cccc(N)c1. The molecule has 0 saturated carbocycles. The number of ether oxygens (including phenoxy) is 1. The zero-order valence-corrected chi connectivity index (χ0v) is 11.5. The fourth-order valence-corrected chi connectivity index (χ4v) is 2.09. The maximum absolute atomic E-state index is 5.80. The molecule has 19 heavy (non-hydrogen) atoms. The highest BCUT2D eigenvalue weighted by molar-refractivity contribution is 5.55. The lowest BCUT2D eigenvalue weighted by Crippen LogP contribution is -2.20. The molecule has 0 atom stereocenters. The number of hydrogen-bond acceptors (Lipinski definition) is 3. The third-order valence-electron chi connectivity index (χ3n) is 3.22. The molecule has 0 saturated heterocycles. The van der Waals surface area contributed by atoms with Gasteiger partial charge in [0.1, 0.15) is 5.75 Å². The van der Waals surface area contributed by atoms with E-state index >= 15 is 0 Å². The fourth-order valence-electron chi connectivity index (χ4n) is 2.09. The summed E-state index contributed by atoms with van der Waals surface area (Å²) >= 11 is 0. The van der Waals surface area contributed by atoms with E-state index in [0.29, 0.717) is 0 Å². The first kappa shape index (κ1) is 13.3. The van der Waals surface area contributed by atoms with Gasteiger partial charge in [0.05, 0.1) is 7.11 Å². The largest absolute Gasteiger partial charge is 0.496 e. The predicted molar refractivity (Wildman–Crippen MR) is 80.8 cm³/mol. The second-order valence-corrected chi connectivity index (χ2v) is 4.58. The topological polar surface area (TPSA) is 38.5 Å². The molecule has 0 aliphatic rings. The van der Waals surface area contributed by atoms with Crippen LogP contribution in [0.15, 0.2) is 48.5 Å². The molecule has 100 valence electrons. The first-order valence-corrected chi connectivity index (χ1v) is 6.39. The maximum Gasteiger partial charge on any atom is 0.122 e. The molecule has 0 radical (unpaired) electrons. The lowest BCUT2D eigenvalue weighted by Gasteiger charge is -2.20. The van der Waals surface area contributed by atoms with E-state index in [1.807, 2.05) is 36.4 Å². The Morgan fingerprint density at radius 3 is 2.63 bits per heavy atom. The van der Waals surface area contributed by atoms with Gasteiger partial charge >= 0.3 is 0 Å². The number of likely N-dealkylation sites (N-methyl/N-ethyl adjacent to an activating group) is 1. The minimum absolute atomic E-state index is 0.793. The zero-order valence-electron chi connectivity index (χ0n) is 11.5. The van der Waals surface area contributed by atoms with Gasteiger partial charge in [-0.25, -0.2) is 0 Å². The molecule has 2 aromatic carbocycles. The van der Waals surface area contributed by atoms with Crippen LogP contribution in [-0.4, -0.2) is 20.7 Å². The summed E-state index contributed by atoms with van der Waals surface area (Å²) in [5.41, 5.74) is 8.95. The van der Waals surface area contributed by atoms with Crippen molar-refractivity contribution < 1.29 is 4.74 Å². The number of para-hydroxylation sites is 1. The van der Waals surface area contributed by atoms with E-state index in [4.69, 9.17) is 10.5 Å². The lowest BCUT2D eigenvalue weighted by molar-refractivity contribution is 0.409. The summed E-state index contributed by atoms with van der Waals surface area (Å²) in [5, 5.41) is 0. The number of rotatable bonds is 5. The van der Waals surface area contributed by atoms with Crippen LogP contribution in [0.3, 0.4) is 0 Å². The number of anilines is 2. The molecule has 0 bridgehead atoms. The number of benzene rings is 2. The molecule has 0 spiro atoms. The molecular weight excluding hydrogens is 236 g/mol. The molecule has 0 fully saturated rings. The summed E-state index contributed by atoms with van der Waals surface area (Å²) in [6, 6.07) is 16.1. The Balaban J connectivity index is 2.02. The first-order valence-electron chi connectivity index (χ1n) is 6.39. The van der Waals surface area contributed by atoms with Crippen molar-refractivity contribution in [2.75, 3.05) is 31.3 Å².